The van der Waals surface area contributed by atoms with Crippen LogP contribution >= 0.6 is 22.9 Å². The highest BCUT2D eigenvalue weighted by Gasteiger charge is 2.25. The van der Waals surface area contributed by atoms with Crippen LogP contribution in [0.1, 0.15) is 34.1 Å². The number of benzene rings is 1. The summed E-state index contributed by atoms with van der Waals surface area (Å²) >= 11 is 8.10. The first-order valence-electron chi connectivity index (χ1n) is 8.62. The quantitative estimate of drug-likeness (QED) is 0.731. The van der Waals surface area contributed by atoms with Gasteiger partial charge in [-0.05, 0) is 25.5 Å². The number of carbonyl (C=O) groups excluding carboxylic acids is 1. The molecule has 0 radical (unpaired) electrons. The molecule has 1 N–H and O–H groups in total. The Morgan fingerprint density at radius 3 is 2.89 bits per heavy atom. The van der Waals surface area contributed by atoms with E-state index in [1.165, 1.54) is 0 Å². The van der Waals surface area contributed by atoms with Crippen LogP contribution in [0.25, 0.3) is 5.00 Å². The average Bonchev–Trinajstić information content (AvgIpc) is 3.21. The number of nitrogens with one attached hydrogen (secondary N) is 1. The van der Waals surface area contributed by atoms with E-state index in [4.69, 9.17) is 16.6 Å². The molecule has 0 atom stereocenters. The second-order valence-electron chi connectivity index (χ2n) is 6.25. The average molecular weight is 400 g/mol. The van der Waals surface area contributed by atoms with E-state index >= 15 is 0 Å². The molecule has 0 saturated heterocycles. The van der Waals surface area contributed by atoms with Crippen molar-refractivity contribution >= 4 is 34.6 Å². The van der Waals surface area contributed by atoms with E-state index in [1.807, 2.05) is 31.2 Å². The standard InChI is InChI=1S/C19H18ClN5OS/c1-11-23-24-16-10-22-18(13-5-3-4-6-15(13)20)14-9-12(7-8-17(26)21-2)27-19(14)25(11)16/h3-6,9H,7-8,10H2,1-2H3,(H,21,26). The maximum Gasteiger partial charge on any atom is 0.220 e. The van der Waals surface area contributed by atoms with Gasteiger partial charge >= 0.3 is 0 Å². The molecule has 1 amide bonds. The molecule has 0 unspecified atom stereocenters. The minimum absolute atomic E-state index is 0.0276. The minimum atomic E-state index is 0.0276. The molecule has 8 heteroatoms. The molecular formula is C19H18ClN5OS. The van der Waals surface area contributed by atoms with Crippen LogP contribution in [0.3, 0.4) is 0 Å². The van der Waals surface area contributed by atoms with Gasteiger partial charge in [-0.15, -0.1) is 21.5 Å². The van der Waals surface area contributed by atoms with Gasteiger partial charge in [-0.1, -0.05) is 29.8 Å². The Balaban J connectivity index is 1.84. The molecule has 0 aliphatic carbocycles. The van der Waals surface area contributed by atoms with E-state index in [9.17, 15) is 4.79 Å². The van der Waals surface area contributed by atoms with Crippen molar-refractivity contribution in [3.63, 3.8) is 0 Å². The number of thiophene rings is 1. The third-order valence-corrected chi connectivity index (χ3v) is 6.01. The van der Waals surface area contributed by atoms with Crippen molar-refractivity contribution in [2.24, 2.45) is 4.99 Å². The maximum atomic E-state index is 11.7. The molecule has 3 heterocycles. The first-order chi connectivity index (χ1) is 13.1. The van der Waals surface area contributed by atoms with Gasteiger partial charge in [0.15, 0.2) is 5.82 Å². The molecular weight excluding hydrogens is 382 g/mol. The van der Waals surface area contributed by atoms with Gasteiger partial charge in [0.25, 0.3) is 0 Å². The first-order valence-corrected chi connectivity index (χ1v) is 9.82. The smallest absolute Gasteiger partial charge is 0.220 e. The first kappa shape index (κ1) is 17.9. The predicted octanol–water partition coefficient (Wildman–Crippen LogP) is 3.32. The van der Waals surface area contributed by atoms with Crippen molar-refractivity contribution in [3.05, 3.63) is 63.0 Å². The number of aliphatic imine (C=N–C) groups is 1. The van der Waals surface area contributed by atoms with Crippen LogP contribution in [0.4, 0.5) is 0 Å². The Bertz CT molecular complexity index is 1050. The molecule has 3 aromatic rings. The number of amides is 1. The van der Waals surface area contributed by atoms with Crippen LogP contribution in [0, 0.1) is 6.92 Å². The van der Waals surface area contributed by atoms with Crippen molar-refractivity contribution in [1.82, 2.24) is 20.1 Å². The molecule has 138 valence electrons. The fourth-order valence-electron chi connectivity index (χ4n) is 3.14. The van der Waals surface area contributed by atoms with Gasteiger partial charge in [0.2, 0.25) is 5.91 Å². The maximum absolute atomic E-state index is 11.7. The molecule has 0 bridgehead atoms. The van der Waals surface area contributed by atoms with Crippen LogP contribution in [-0.4, -0.2) is 33.4 Å². The van der Waals surface area contributed by atoms with Crippen LogP contribution in [0.2, 0.25) is 5.02 Å². The van der Waals surface area contributed by atoms with Gasteiger partial charge in [-0.2, -0.15) is 0 Å². The second-order valence-corrected chi connectivity index (χ2v) is 7.77. The van der Waals surface area contributed by atoms with E-state index in [-0.39, 0.29) is 5.91 Å². The van der Waals surface area contributed by atoms with Gasteiger partial charge in [0.1, 0.15) is 17.4 Å². The third-order valence-electron chi connectivity index (χ3n) is 4.50. The number of fused-ring (bicyclic) bond motifs is 3. The van der Waals surface area contributed by atoms with Gasteiger partial charge < -0.3 is 5.32 Å². The zero-order chi connectivity index (χ0) is 19.0. The summed E-state index contributed by atoms with van der Waals surface area (Å²) in [4.78, 5) is 17.6. The minimum Gasteiger partial charge on any atom is -0.359 e. The number of rotatable bonds is 4. The van der Waals surface area contributed by atoms with Crippen molar-refractivity contribution < 1.29 is 4.79 Å². The van der Waals surface area contributed by atoms with Crippen LogP contribution in [0.5, 0.6) is 0 Å². The lowest BCUT2D eigenvalue weighted by atomic mass is 10.0. The van der Waals surface area contributed by atoms with Gasteiger partial charge in [-0.25, -0.2) is 0 Å². The Labute approximate surface area is 165 Å². The topological polar surface area (TPSA) is 72.2 Å². The summed E-state index contributed by atoms with van der Waals surface area (Å²) in [5.74, 6) is 1.65. The van der Waals surface area contributed by atoms with Crippen LogP contribution in [0.15, 0.2) is 35.3 Å². The monoisotopic (exact) mass is 399 g/mol. The van der Waals surface area contributed by atoms with Crippen molar-refractivity contribution in [1.29, 1.82) is 0 Å². The van der Waals surface area contributed by atoms with E-state index in [0.29, 0.717) is 24.4 Å². The number of hydrogen-bond donors (Lipinski definition) is 1. The number of nitrogens with zero attached hydrogens (tertiary/aromatic N) is 4. The van der Waals surface area contributed by atoms with Crippen molar-refractivity contribution in [2.45, 2.75) is 26.3 Å². The second kappa shape index (κ2) is 7.25. The molecule has 0 fully saturated rings. The number of carbonyl (C=O) groups is 1. The predicted molar refractivity (Wildman–Crippen MR) is 107 cm³/mol. The zero-order valence-corrected chi connectivity index (χ0v) is 16.6. The van der Waals surface area contributed by atoms with Crippen LogP contribution < -0.4 is 5.32 Å². The number of aromatic nitrogens is 3. The molecule has 1 aliphatic heterocycles. The lowest BCUT2D eigenvalue weighted by molar-refractivity contribution is -0.120. The molecule has 0 saturated carbocycles. The lowest BCUT2D eigenvalue weighted by Crippen LogP contribution is -2.17. The molecule has 1 aromatic carbocycles. The highest BCUT2D eigenvalue weighted by Crippen LogP contribution is 2.34. The summed E-state index contributed by atoms with van der Waals surface area (Å²) < 4.78 is 2.05. The summed E-state index contributed by atoms with van der Waals surface area (Å²) in [5.41, 5.74) is 2.75. The molecule has 27 heavy (non-hydrogen) atoms. The molecule has 1 aliphatic rings. The Hall–Kier alpha value is -2.51. The largest absolute Gasteiger partial charge is 0.359 e. The summed E-state index contributed by atoms with van der Waals surface area (Å²) in [6.45, 7) is 2.38. The van der Waals surface area contributed by atoms with Crippen molar-refractivity contribution in [3.8, 4) is 5.00 Å². The molecule has 0 spiro atoms. The van der Waals surface area contributed by atoms with Gasteiger partial charge in [0.05, 0.1) is 5.71 Å². The fourth-order valence-corrected chi connectivity index (χ4v) is 4.59. The third kappa shape index (κ3) is 3.28. The number of halogens is 1. The Kier molecular flexibility index (Phi) is 4.80. The van der Waals surface area contributed by atoms with E-state index in [2.05, 4.69) is 26.1 Å². The molecule has 6 nitrogen and oxygen atoms in total. The number of hydrogen-bond acceptors (Lipinski definition) is 5. The summed E-state index contributed by atoms with van der Waals surface area (Å²) in [6, 6.07) is 9.82. The molecule has 2 aromatic heterocycles. The normalized spacial score (nSPS) is 12.8. The summed E-state index contributed by atoms with van der Waals surface area (Å²) in [6.07, 6.45) is 1.12. The highest BCUT2D eigenvalue weighted by molar-refractivity contribution is 7.15. The van der Waals surface area contributed by atoms with E-state index in [0.717, 1.165) is 38.4 Å². The van der Waals surface area contributed by atoms with E-state index < -0.39 is 0 Å². The fraction of sp³-hybridized carbons (Fsp3) is 0.263. The Morgan fingerprint density at radius 1 is 1.30 bits per heavy atom. The van der Waals surface area contributed by atoms with Gasteiger partial charge in [-0.3, -0.25) is 14.4 Å². The summed E-state index contributed by atoms with van der Waals surface area (Å²) in [5, 5.41) is 12.8. The molecule has 4 rings (SSSR count). The zero-order valence-electron chi connectivity index (χ0n) is 15.0. The van der Waals surface area contributed by atoms with E-state index in [1.54, 1.807) is 18.4 Å². The lowest BCUT2D eigenvalue weighted by Gasteiger charge is -2.08. The van der Waals surface area contributed by atoms with Gasteiger partial charge in [0, 0.05) is 34.5 Å². The summed E-state index contributed by atoms with van der Waals surface area (Å²) in [7, 11) is 1.65. The van der Waals surface area contributed by atoms with Crippen molar-refractivity contribution in [2.75, 3.05) is 7.05 Å². The van der Waals surface area contributed by atoms with Crippen LogP contribution in [-0.2, 0) is 17.8 Å². The Morgan fingerprint density at radius 2 is 2.11 bits per heavy atom. The highest BCUT2D eigenvalue weighted by atomic mass is 35.5. The SMILES string of the molecule is CNC(=O)CCc1cc2c(s1)-n1c(C)nnc1CN=C2c1ccccc1Cl. The number of aryl methyl sites for hydroxylation is 2.